The van der Waals surface area contributed by atoms with Crippen LogP contribution < -0.4 is 4.74 Å². The lowest BCUT2D eigenvalue weighted by Crippen LogP contribution is -2.54. The second kappa shape index (κ2) is 10.0. The minimum atomic E-state index is -1.36. The van der Waals surface area contributed by atoms with Gasteiger partial charge >= 0.3 is 5.97 Å². The third-order valence-corrected chi connectivity index (χ3v) is 7.34. The van der Waals surface area contributed by atoms with Crippen molar-refractivity contribution in [3.8, 4) is 5.75 Å². The largest absolute Gasteiger partial charge is 0.496 e. The molecule has 1 aliphatic heterocycles. The minimum absolute atomic E-state index is 0.0717. The minimum Gasteiger partial charge on any atom is -0.496 e. The summed E-state index contributed by atoms with van der Waals surface area (Å²) in [6, 6.07) is 4.91. The van der Waals surface area contributed by atoms with E-state index in [1.54, 1.807) is 37.4 Å². The topological polar surface area (TPSA) is 89.0 Å². The molecule has 7 nitrogen and oxygen atoms in total. The molecule has 34 heavy (non-hydrogen) atoms. The number of hydrogen-bond acceptors (Lipinski definition) is 6. The molecule has 0 bridgehead atoms. The van der Waals surface area contributed by atoms with E-state index < -0.39 is 17.6 Å². The number of likely N-dealkylation sites (tertiary alicyclic amines) is 1. The monoisotopic (exact) mass is 488 g/mol. The molecular weight excluding hydrogens is 452 g/mol. The molecule has 1 amide bonds. The molecule has 1 saturated heterocycles. The van der Waals surface area contributed by atoms with Crippen molar-refractivity contribution in [1.82, 2.24) is 9.88 Å². The first kappa shape index (κ1) is 26.2. The van der Waals surface area contributed by atoms with Crippen molar-refractivity contribution in [2.75, 3.05) is 20.8 Å². The normalized spacial score (nSPS) is 22.9. The first-order chi connectivity index (χ1) is 16.0. The molecule has 0 unspecified atom stereocenters. The van der Waals surface area contributed by atoms with Crippen LogP contribution in [-0.2, 0) is 14.9 Å². The lowest BCUT2D eigenvalue weighted by atomic mass is 9.83. The number of nitrogens with zero attached hydrogens (tertiary/aromatic N) is 2. The van der Waals surface area contributed by atoms with E-state index in [-0.39, 0.29) is 23.2 Å². The van der Waals surface area contributed by atoms with E-state index in [4.69, 9.17) is 9.47 Å². The highest BCUT2D eigenvalue weighted by molar-refractivity contribution is 7.09. The number of aliphatic carboxylic acids is 1. The lowest BCUT2D eigenvalue weighted by molar-refractivity contribution is -0.150. The first-order valence-corrected chi connectivity index (χ1v) is 12.5. The zero-order valence-electron chi connectivity index (χ0n) is 21.1. The Hall–Kier alpha value is -2.45. The van der Waals surface area contributed by atoms with Gasteiger partial charge in [-0.2, -0.15) is 0 Å². The lowest BCUT2D eigenvalue weighted by Gasteiger charge is -2.39. The molecule has 1 aromatic heterocycles. The Kier molecular flexibility index (Phi) is 7.72. The molecule has 0 aliphatic carbocycles. The summed E-state index contributed by atoms with van der Waals surface area (Å²) in [7, 11) is 3.19. The molecule has 0 radical (unpaired) electrons. The van der Waals surface area contributed by atoms with Gasteiger partial charge in [0.15, 0.2) is 0 Å². The average Bonchev–Trinajstić information content (AvgIpc) is 3.38. The fourth-order valence-electron chi connectivity index (χ4n) is 5.22. The summed E-state index contributed by atoms with van der Waals surface area (Å²) >= 11 is 1.43. The zero-order valence-corrected chi connectivity index (χ0v) is 21.9. The predicted molar refractivity (Wildman–Crippen MR) is 133 cm³/mol. The van der Waals surface area contributed by atoms with Crippen LogP contribution >= 0.6 is 11.3 Å². The molecule has 0 saturated carbocycles. The summed E-state index contributed by atoms with van der Waals surface area (Å²) < 4.78 is 11.1. The van der Waals surface area contributed by atoms with Crippen molar-refractivity contribution in [2.45, 2.75) is 64.5 Å². The number of thiazole rings is 1. The van der Waals surface area contributed by atoms with E-state index in [2.05, 4.69) is 25.8 Å². The number of rotatable bonds is 8. The molecular formula is C26H36N2O5S. The van der Waals surface area contributed by atoms with Crippen LogP contribution in [0.3, 0.4) is 0 Å². The van der Waals surface area contributed by atoms with Crippen molar-refractivity contribution >= 4 is 23.2 Å². The number of benzene rings is 1. The maximum absolute atomic E-state index is 14.2. The first-order valence-electron chi connectivity index (χ1n) is 11.6. The average molecular weight is 489 g/mol. The van der Waals surface area contributed by atoms with Crippen LogP contribution in [0.1, 0.15) is 74.4 Å². The standard InChI is InChI=1S/C26H36N2O5S/c1-16(2)13-26(24(30)31)14-18(15-32-6)21(22-27-10-11-34-22)28(26)23(29)17-8-9-19(25(3,4)5)20(12-17)33-7/h8-12,16,18,21H,13-15H2,1-7H3,(H,30,31)/t18-,21+,26+/m1/s1. The highest BCUT2D eigenvalue weighted by atomic mass is 32.1. The highest BCUT2D eigenvalue weighted by Crippen LogP contribution is 2.51. The summed E-state index contributed by atoms with van der Waals surface area (Å²) in [6.45, 7) is 10.6. The van der Waals surface area contributed by atoms with Crippen LogP contribution in [0.25, 0.3) is 0 Å². The predicted octanol–water partition coefficient (Wildman–Crippen LogP) is 5.17. The van der Waals surface area contributed by atoms with Crippen molar-refractivity contribution in [3.63, 3.8) is 0 Å². The highest BCUT2D eigenvalue weighted by Gasteiger charge is 2.59. The number of carbonyl (C=O) groups excluding carboxylic acids is 1. The SMILES string of the molecule is COC[C@H]1C[C@@](CC(C)C)(C(=O)O)N(C(=O)c2ccc(C(C)(C)C)c(OC)c2)[C@@H]1c1nccs1. The maximum Gasteiger partial charge on any atom is 0.329 e. The number of carboxylic acid groups (broad SMARTS) is 1. The second-order valence-electron chi connectivity index (χ2n) is 10.5. The zero-order chi connectivity index (χ0) is 25.3. The van der Waals surface area contributed by atoms with Gasteiger partial charge in [-0.05, 0) is 41.9 Å². The smallest absolute Gasteiger partial charge is 0.329 e. The Morgan fingerprint density at radius 3 is 2.50 bits per heavy atom. The van der Waals surface area contributed by atoms with E-state index in [1.807, 2.05) is 25.3 Å². The van der Waals surface area contributed by atoms with Gasteiger partial charge in [-0.1, -0.05) is 40.7 Å². The van der Waals surface area contributed by atoms with Gasteiger partial charge in [0, 0.05) is 30.2 Å². The Labute approximate surface area is 206 Å². The summed E-state index contributed by atoms with van der Waals surface area (Å²) in [6.07, 6.45) is 2.34. The summed E-state index contributed by atoms with van der Waals surface area (Å²) in [5.41, 5.74) is -0.149. The molecule has 2 heterocycles. The van der Waals surface area contributed by atoms with Crippen LogP contribution in [-0.4, -0.2) is 53.2 Å². The summed E-state index contributed by atoms with van der Waals surface area (Å²) in [5, 5.41) is 13.1. The van der Waals surface area contributed by atoms with Gasteiger partial charge in [-0.3, -0.25) is 4.79 Å². The Morgan fingerprint density at radius 2 is 2.00 bits per heavy atom. The quantitative estimate of drug-likeness (QED) is 0.552. The van der Waals surface area contributed by atoms with Crippen LogP contribution in [0.2, 0.25) is 0 Å². The molecule has 186 valence electrons. The van der Waals surface area contributed by atoms with E-state index in [9.17, 15) is 14.7 Å². The molecule has 3 atom stereocenters. The van der Waals surface area contributed by atoms with Crippen LogP contribution in [0.4, 0.5) is 0 Å². The molecule has 1 aromatic carbocycles. The molecule has 8 heteroatoms. The number of carbonyl (C=O) groups is 2. The van der Waals surface area contributed by atoms with Crippen LogP contribution in [0.5, 0.6) is 5.75 Å². The van der Waals surface area contributed by atoms with Crippen molar-refractivity contribution in [1.29, 1.82) is 0 Å². The van der Waals surface area contributed by atoms with E-state index in [0.717, 1.165) is 10.6 Å². The van der Waals surface area contributed by atoms with E-state index in [0.29, 0.717) is 30.8 Å². The third kappa shape index (κ3) is 4.84. The van der Waals surface area contributed by atoms with Gasteiger partial charge in [0.05, 0.1) is 19.8 Å². The Bertz CT molecular complexity index is 1010. The number of carboxylic acids is 1. The molecule has 0 spiro atoms. The van der Waals surface area contributed by atoms with Gasteiger partial charge in [-0.15, -0.1) is 11.3 Å². The molecule has 3 rings (SSSR count). The molecule has 1 N–H and O–H groups in total. The van der Waals surface area contributed by atoms with Crippen LogP contribution in [0, 0.1) is 11.8 Å². The van der Waals surface area contributed by atoms with Crippen molar-refractivity contribution < 1.29 is 24.2 Å². The van der Waals surface area contributed by atoms with Gasteiger partial charge in [0.2, 0.25) is 0 Å². The fraction of sp³-hybridized carbons (Fsp3) is 0.577. The molecule has 1 aliphatic rings. The van der Waals surface area contributed by atoms with Crippen LogP contribution in [0.15, 0.2) is 29.8 Å². The second-order valence-corrected chi connectivity index (χ2v) is 11.4. The van der Waals surface area contributed by atoms with Gasteiger partial charge in [0.1, 0.15) is 16.3 Å². The third-order valence-electron chi connectivity index (χ3n) is 6.49. The summed E-state index contributed by atoms with van der Waals surface area (Å²) in [5.74, 6) is -0.830. The Morgan fingerprint density at radius 1 is 1.29 bits per heavy atom. The van der Waals surface area contributed by atoms with E-state index in [1.165, 1.54) is 11.3 Å². The maximum atomic E-state index is 14.2. The number of hydrogen-bond donors (Lipinski definition) is 1. The summed E-state index contributed by atoms with van der Waals surface area (Å²) in [4.78, 5) is 33.1. The number of aromatic nitrogens is 1. The van der Waals surface area contributed by atoms with Gasteiger partial charge < -0.3 is 19.5 Å². The number of amides is 1. The van der Waals surface area contributed by atoms with E-state index >= 15 is 0 Å². The van der Waals surface area contributed by atoms with Crippen molar-refractivity contribution in [3.05, 3.63) is 45.9 Å². The Balaban J connectivity index is 2.19. The number of methoxy groups -OCH3 is 2. The van der Waals surface area contributed by atoms with Gasteiger partial charge in [-0.25, -0.2) is 9.78 Å². The number of ether oxygens (including phenoxy) is 2. The molecule has 2 aromatic rings. The van der Waals surface area contributed by atoms with Gasteiger partial charge in [0.25, 0.3) is 5.91 Å². The fourth-order valence-corrected chi connectivity index (χ4v) is 6.04. The van der Waals surface area contributed by atoms with Crippen molar-refractivity contribution in [2.24, 2.45) is 11.8 Å². The molecule has 1 fully saturated rings.